The van der Waals surface area contributed by atoms with Gasteiger partial charge in [-0.05, 0) is 149 Å². The van der Waals surface area contributed by atoms with Crippen molar-refractivity contribution >= 4 is 253 Å². The Morgan fingerprint density at radius 1 is 0.244 bits per heavy atom. The van der Waals surface area contributed by atoms with E-state index >= 15 is 0 Å². The van der Waals surface area contributed by atoms with Crippen molar-refractivity contribution in [3.05, 3.63) is 179 Å². The summed E-state index contributed by atoms with van der Waals surface area (Å²) >= 11 is 15.2. The van der Waals surface area contributed by atoms with Gasteiger partial charge in [0.15, 0.2) is 22.3 Å². The topological polar surface area (TPSA) is 36.1 Å². The summed E-state index contributed by atoms with van der Waals surface area (Å²) in [6, 6.07) is 54.7. The molecule has 0 radical (unpaired) electrons. The number of fused-ring (bicyclic) bond motifs is 28. The number of benzene rings is 8. The molecule has 0 unspecified atom stereocenters. The zero-order valence-corrected chi connectivity index (χ0v) is 51.4. The minimum Gasteiger partial charge on any atom is -0.453 e. The van der Waals surface area contributed by atoms with Crippen molar-refractivity contribution in [3.63, 3.8) is 0 Å². The summed E-state index contributed by atoms with van der Waals surface area (Å²) in [5.74, 6) is 0. The first-order chi connectivity index (χ1) is 40.0. The van der Waals surface area contributed by atoms with Crippen LogP contribution in [0.3, 0.4) is 0 Å². The zero-order valence-electron chi connectivity index (χ0n) is 44.8. The summed E-state index contributed by atoms with van der Waals surface area (Å²) in [5.41, 5.74) is 19.6. The first kappa shape index (κ1) is 47.2. The molecule has 0 saturated carbocycles. The molecule has 0 aliphatic heterocycles. The highest BCUT2D eigenvalue weighted by atomic mass is 32.1. The average Bonchev–Trinajstić information content (AvgIpc) is 1.82. The molecule has 0 spiro atoms. The fraction of sp³-hybridized carbons (Fsp3) is 0.0857. The number of rotatable bonds is 2. The van der Waals surface area contributed by atoms with E-state index in [1.807, 2.05) is 90.7 Å². The molecular formula is C70H42N2O2S8. The van der Waals surface area contributed by atoms with Crippen molar-refractivity contribution in [1.82, 2.24) is 9.13 Å². The highest BCUT2D eigenvalue weighted by molar-refractivity contribution is 7.38. The van der Waals surface area contributed by atoms with Gasteiger partial charge in [0.25, 0.3) is 0 Å². The molecule has 12 heteroatoms. The van der Waals surface area contributed by atoms with Gasteiger partial charge in [0.2, 0.25) is 0 Å². The first-order valence-electron chi connectivity index (χ1n) is 27.3. The highest BCUT2D eigenvalue weighted by Crippen LogP contribution is 2.55. The summed E-state index contributed by atoms with van der Waals surface area (Å²) in [6.07, 6.45) is 0. The molecule has 82 heavy (non-hydrogen) atoms. The van der Waals surface area contributed by atoms with Crippen molar-refractivity contribution < 1.29 is 8.83 Å². The van der Waals surface area contributed by atoms with Gasteiger partial charge in [0.05, 0.1) is 64.4 Å². The van der Waals surface area contributed by atoms with E-state index in [0.29, 0.717) is 0 Å². The van der Waals surface area contributed by atoms with Crippen LogP contribution in [-0.2, 0) is 0 Å². The van der Waals surface area contributed by atoms with Gasteiger partial charge >= 0.3 is 0 Å². The van der Waals surface area contributed by atoms with Crippen LogP contribution in [0, 0.1) is 41.5 Å². The standard InChI is InChI=1S/2C35H21NOS4/c1-16-4-8-19(9-5-16)36-24-12-17(2)6-10-20(24)31-28(36)33-32(41-31)23-15-26-22(14-27(23)38-33)30-35(40-26)34-29(37-30)21-11-7-18(3)13-25(21)39-34;1-16-4-8-19(9-5-16)36-28-20-10-6-17(2)12-24(20)38-32(28)33-29(36)22-14-27-23(15-26(22)39-33)31-35(41-27)34-30(37-31)21-11-7-18(3)13-25(21)40-34/h2*4-15H,1-3H3. The summed E-state index contributed by atoms with van der Waals surface area (Å²) in [7, 11) is 0. The van der Waals surface area contributed by atoms with E-state index in [1.54, 1.807) is 0 Å². The molecule has 12 heterocycles. The van der Waals surface area contributed by atoms with E-state index in [2.05, 4.69) is 196 Å². The predicted octanol–water partition coefficient (Wildman–Crippen LogP) is 24.9. The van der Waals surface area contributed by atoms with Crippen LogP contribution in [0.1, 0.15) is 33.4 Å². The molecule has 0 aliphatic carbocycles. The molecular weight excluding hydrogens is 1160 g/mol. The Hall–Kier alpha value is -7.36. The van der Waals surface area contributed by atoms with Gasteiger partial charge in [-0.1, -0.05) is 71.8 Å². The van der Waals surface area contributed by atoms with Crippen LogP contribution >= 0.6 is 90.7 Å². The Kier molecular flexibility index (Phi) is 9.59. The van der Waals surface area contributed by atoms with Gasteiger partial charge in [0.1, 0.15) is 0 Å². The van der Waals surface area contributed by atoms with E-state index < -0.39 is 0 Å². The number of aryl methyl sites for hydroxylation is 6. The van der Waals surface area contributed by atoms with Crippen molar-refractivity contribution in [2.24, 2.45) is 0 Å². The molecule has 0 atom stereocenters. The number of aromatic nitrogens is 2. The largest absolute Gasteiger partial charge is 0.453 e. The van der Waals surface area contributed by atoms with Crippen molar-refractivity contribution in [2.45, 2.75) is 41.5 Å². The van der Waals surface area contributed by atoms with E-state index in [9.17, 15) is 0 Å². The third-order valence-electron chi connectivity index (χ3n) is 16.8. The molecule has 20 aromatic rings. The van der Waals surface area contributed by atoms with Gasteiger partial charge in [-0.25, -0.2) is 0 Å². The molecule has 0 aliphatic rings. The lowest BCUT2D eigenvalue weighted by molar-refractivity contribution is 0.677. The normalized spacial score (nSPS) is 12.8. The summed E-state index contributed by atoms with van der Waals surface area (Å²) in [5, 5.41) is 10.3. The SMILES string of the molecule is Cc1ccc(-n2c3c4ccc(C)cc4sc3c3sc4cc5c(cc4c32)sc2c5oc3c4ccc(C)cc4sc32)cc1.Cc1ccc(-n2c3cc(C)ccc3c3sc4c5cc6sc7c(oc8c9ccc(C)cc9sc87)c6cc5sc4c32)cc1. The van der Waals surface area contributed by atoms with Gasteiger partial charge < -0.3 is 18.0 Å². The van der Waals surface area contributed by atoms with E-state index in [1.165, 1.54) is 185 Å². The van der Waals surface area contributed by atoms with E-state index in [-0.39, 0.29) is 0 Å². The lowest BCUT2D eigenvalue weighted by Gasteiger charge is -2.08. The Bertz CT molecular complexity index is 6190. The maximum Gasteiger partial charge on any atom is 0.155 e. The monoisotopic (exact) mass is 1200 g/mol. The van der Waals surface area contributed by atoms with Crippen molar-refractivity contribution in [1.29, 1.82) is 0 Å². The fourth-order valence-electron chi connectivity index (χ4n) is 12.9. The molecule has 4 nitrogen and oxygen atoms in total. The second-order valence-corrected chi connectivity index (χ2v) is 30.8. The number of thiophene rings is 8. The van der Waals surface area contributed by atoms with Crippen LogP contribution in [0.25, 0.3) is 174 Å². The van der Waals surface area contributed by atoms with Crippen LogP contribution in [0.15, 0.2) is 154 Å². The smallest absolute Gasteiger partial charge is 0.155 e. The molecule has 12 aromatic heterocycles. The second-order valence-electron chi connectivity index (χ2n) is 22.4. The average molecular weight is 1200 g/mol. The number of furan rings is 2. The molecule has 8 aromatic carbocycles. The Morgan fingerprint density at radius 2 is 0.598 bits per heavy atom. The maximum absolute atomic E-state index is 6.65. The van der Waals surface area contributed by atoms with Crippen LogP contribution in [0.5, 0.6) is 0 Å². The lowest BCUT2D eigenvalue weighted by Crippen LogP contribution is -1.93. The van der Waals surface area contributed by atoms with Crippen molar-refractivity contribution in [3.8, 4) is 11.4 Å². The number of nitrogens with zero attached hydrogens (tertiary/aromatic N) is 2. The fourth-order valence-corrected chi connectivity index (χ4v) is 23.3. The molecule has 0 N–H and O–H groups in total. The quantitative estimate of drug-likeness (QED) is 0.173. The van der Waals surface area contributed by atoms with Crippen LogP contribution in [0.4, 0.5) is 0 Å². The Labute approximate surface area is 498 Å². The summed E-state index contributed by atoms with van der Waals surface area (Å²) < 4.78 is 39.6. The molecule has 0 saturated heterocycles. The van der Waals surface area contributed by atoms with E-state index in [0.717, 1.165) is 22.3 Å². The van der Waals surface area contributed by atoms with Crippen LogP contribution < -0.4 is 0 Å². The zero-order chi connectivity index (χ0) is 54.3. The summed E-state index contributed by atoms with van der Waals surface area (Å²) in [4.78, 5) is 0. The number of hydrogen-bond acceptors (Lipinski definition) is 10. The first-order valence-corrected chi connectivity index (χ1v) is 33.9. The lowest BCUT2D eigenvalue weighted by atomic mass is 10.1. The molecule has 0 bridgehead atoms. The number of hydrogen-bond donors (Lipinski definition) is 0. The summed E-state index contributed by atoms with van der Waals surface area (Å²) in [6.45, 7) is 13.0. The third-order valence-corrected chi connectivity index (χ3v) is 26.7. The Balaban J connectivity index is 0.000000122. The minimum atomic E-state index is 1.04. The molecule has 392 valence electrons. The van der Waals surface area contributed by atoms with E-state index in [4.69, 9.17) is 8.83 Å². The maximum atomic E-state index is 6.65. The molecule has 0 amide bonds. The van der Waals surface area contributed by atoms with Gasteiger partial charge in [-0.15, -0.1) is 90.7 Å². The molecule has 0 fully saturated rings. The van der Waals surface area contributed by atoms with Gasteiger partial charge in [-0.2, -0.15) is 0 Å². The predicted molar refractivity (Wildman–Crippen MR) is 368 cm³/mol. The van der Waals surface area contributed by atoms with Crippen LogP contribution in [-0.4, -0.2) is 9.13 Å². The third kappa shape index (κ3) is 6.44. The highest BCUT2D eigenvalue weighted by Gasteiger charge is 2.27. The van der Waals surface area contributed by atoms with Gasteiger partial charge in [0, 0.05) is 87.4 Å². The van der Waals surface area contributed by atoms with Crippen LogP contribution in [0.2, 0.25) is 0 Å². The van der Waals surface area contributed by atoms with Gasteiger partial charge in [-0.3, -0.25) is 0 Å². The second kappa shape index (κ2) is 16.7. The molecule has 20 rings (SSSR count). The minimum absolute atomic E-state index is 1.04. The van der Waals surface area contributed by atoms with Crippen molar-refractivity contribution in [2.75, 3.05) is 0 Å². The Morgan fingerprint density at radius 3 is 1.13 bits per heavy atom.